The first-order valence-corrected chi connectivity index (χ1v) is 7.83. The predicted molar refractivity (Wildman–Crippen MR) is 91.0 cm³/mol. The van der Waals surface area contributed by atoms with Gasteiger partial charge >= 0.3 is 0 Å². The summed E-state index contributed by atoms with van der Waals surface area (Å²) >= 11 is 0. The first kappa shape index (κ1) is 16.9. The van der Waals surface area contributed by atoms with Gasteiger partial charge in [0.25, 0.3) is 0 Å². The van der Waals surface area contributed by atoms with Gasteiger partial charge in [-0.15, -0.1) is 0 Å². The molecule has 0 bridgehead atoms. The lowest BCUT2D eigenvalue weighted by atomic mass is 10.1. The molecule has 4 heteroatoms. The summed E-state index contributed by atoms with van der Waals surface area (Å²) in [6, 6.07) is 15.5. The third-order valence-electron chi connectivity index (χ3n) is 3.51. The number of carbonyl (C=O) groups is 1. The van der Waals surface area contributed by atoms with Gasteiger partial charge in [0.1, 0.15) is 11.5 Å². The Hall–Kier alpha value is -2.49. The molecule has 122 valence electrons. The van der Waals surface area contributed by atoms with E-state index in [1.807, 2.05) is 55.5 Å². The molecule has 0 aliphatic rings. The molecule has 0 aliphatic heterocycles. The van der Waals surface area contributed by atoms with Crippen molar-refractivity contribution in [3.05, 3.63) is 59.7 Å². The lowest BCUT2D eigenvalue weighted by molar-refractivity contribution is -0.120. The van der Waals surface area contributed by atoms with Crippen LogP contribution >= 0.6 is 0 Å². The van der Waals surface area contributed by atoms with E-state index in [-0.39, 0.29) is 5.91 Å². The highest BCUT2D eigenvalue weighted by Gasteiger charge is 2.05. The Kier molecular flexibility index (Phi) is 6.48. The molecule has 0 unspecified atom stereocenters. The highest BCUT2D eigenvalue weighted by molar-refractivity contribution is 5.78. The normalized spacial score (nSPS) is 10.2. The first-order chi connectivity index (χ1) is 11.2. The summed E-state index contributed by atoms with van der Waals surface area (Å²) in [5.74, 6) is 1.70. The molecule has 0 saturated carbocycles. The van der Waals surface area contributed by atoms with Crippen LogP contribution in [-0.2, 0) is 17.6 Å². The molecular weight excluding hydrogens is 290 g/mol. The van der Waals surface area contributed by atoms with Crippen LogP contribution in [0.5, 0.6) is 11.5 Å². The number of rotatable bonds is 8. The first-order valence-electron chi connectivity index (χ1n) is 7.83. The molecule has 0 fully saturated rings. The fraction of sp³-hybridized carbons (Fsp3) is 0.316. The molecule has 1 N–H and O–H groups in total. The summed E-state index contributed by atoms with van der Waals surface area (Å²) in [6.07, 6.45) is 1.12. The molecule has 0 saturated heterocycles. The summed E-state index contributed by atoms with van der Waals surface area (Å²) in [5, 5.41) is 2.94. The standard InChI is InChI=1S/C19H23NO3/c1-3-23-17-10-8-15(9-11-17)14-19(21)20-13-12-16-6-4-5-7-18(16)22-2/h4-11H,3,12-14H2,1-2H3,(H,20,21). The van der Waals surface area contributed by atoms with E-state index >= 15 is 0 Å². The van der Waals surface area contributed by atoms with E-state index in [4.69, 9.17) is 9.47 Å². The van der Waals surface area contributed by atoms with Crippen LogP contribution in [0.2, 0.25) is 0 Å². The van der Waals surface area contributed by atoms with Gasteiger partial charge in [-0.25, -0.2) is 0 Å². The van der Waals surface area contributed by atoms with Gasteiger partial charge in [-0.05, 0) is 42.7 Å². The van der Waals surface area contributed by atoms with Crippen molar-refractivity contribution in [3.63, 3.8) is 0 Å². The summed E-state index contributed by atoms with van der Waals surface area (Å²) < 4.78 is 10.7. The molecule has 0 aromatic heterocycles. The zero-order valence-electron chi connectivity index (χ0n) is 13.7. The van der Waals surface area contributed by atoms with Gasteiger partial charge in [0.2, 0.25) is 5.91 Å². The van der Waals surface area contributed by atoms with Crippen LogP contribution in [0.25, 0.3) is 0 Å². The Morgan fingerprint density at radius 3 is 2.52 bits per heavy atom. The van der Waals surface area contributed by atoms with Crippen molar-refractivity contribution in [1.82, 2.24) is 5.32 Å². The van der Waals surface area contributed by atoms with Crippen LogP contribution < -0.4 is 14.8 Å². The van der Waals surface area contributed by atoms with Gasteiger partial charge in [0.15, 0.2) is 0 Å². The van der Waals surface area contributed by atoms with Crippen LogP contribution in [0.15, 0.2) is 48.5 Å². The topological polar surface area (TPSA) is 47.6 Å². The third-order valence-corrected chi connectivity index (χ3v) is 3.51. The van der Waals surface area contributed by atoms with Crippen molar-refractivity contribution in [2.75, 3.05) is 20.3 Å². The molecule has 0 spiro atoms. The van der Waals surface area contributed by atoms with E-state index in [1.54, 1.807) is 7.11 Å². The monoisotopic (exact) mass is 313 g/mol. The molecule has 23 heavy (non-hydrogen) atoms. The Bertz CT molecular complexity index is 623. The number of ether oxygens (including phenoxy) is 2. The molecule has 4 nitrogen and oxygen atoms in total. The van der Waals surface area contributed by atoms with Crippen LogP contribution in [0.3, 0.4) is 0 Å². The second-order valence-electron chi connectivity index (χ2n) is 5.17. The fourth-order valence-corrected chi connectivity index (χ4v) is 2.36. The minimum Gasteiger partial charge on any atom is -0.496 e. The van der Waals surface area contributed by atoms with E-state index in [0.717, 1.165) is 29.0 Å². The van der Waals surface area contributed by atoms with Gasteiger partial charge in [-0.1, -0.05) is 30.3 Å². The van der Waals surface area contributed by atoms with Crippen molar-refractivity contribution in [2.45, 2.75) is 19.8 Å². The highest BCUT2D eigenvalue weighted by Crippen LogP contribution is 2.17. The second-order valence-corrected chi connectivity index (χ2v) is 5.17. The molecule has 2 aromatic carbocycles. The van der Waals surface area contributed by atoms with Gasteiger partial charge in [0, 0.05) is 6.54 Å². The number of carbonyl (C=O) groups excluding carboxylic acids is 1. The lowest BCUT2D eigenvalue weighted by Crippen LogP contribution is -2.27. The number of methoxy groups -OCH3 is 1. The highest BCUT2D eigenvalue weighted by atomic mass is 16.5. The van der Waals surface area contributed by atoms with Crippen LogP contribution in [0.4, 0.5) is 0 Å². The van der Waals surface area contributed by atoms with E-state index < -0.39 is 0 Å². The number of hydrogen-bond acceptors (Lipinski definition) is 3. The average molecular weight is 313 g/mol. The number of benzene rings is 2. The van der Waals surface area contributed by atoms with E-state index in [1.165, 1.54) is 0 Å². The Labute approximate surface area is 137 Å². The summed E-state index contributed by atoms with van der Waals surface area (Å²) in [7, 11) is 1.66. The molecule has 2 aromatic rings. The van der Waals surface area contributed by atoms with Crippen LogP contribution in [-0.4, -0.2) is 26.2 Å². The third kappa shape index (κ3) is 5.33. The van der Waals surface area contributed by atoms with Crippen molar-refractivity contribution < 1.29 is 14.3 Å². The summed E-state index contributed by atoms with van der Waals surface area (Å²) in [5.41, 5.74) is 2.07. The van der Waals surface area contributed by atoms with Crippen molar-refractivity contribution in [3.8, 4) is 11.5 Å². The van der Waals surface area contributed by atoms with Crippen molar-refractivity contribution >= 4 is 5.91 Å². The Balaban J connectivity index is 1.78. The largest absolute Gasteiger partial charge is 0.496 e. The quantitative estimate of drug-likeness (QED) is 0.815. The fourth-order valence-electron chi connectivity index (χ4n) is 2.36. The number of para-hydroxylation sites is 1. The zero-order valence-corrected chi connectivity index (χ0v) is 13.7. The molecule has 1 amide bonds. The molecule has 0 radical (unpaired) electrons. The van der Waals surface area contributed by atoms with Gasteiger partial charge < -0.3 is 14.8 Å². The van der Waals surface area contributed by atoms with Crippen LogP contribution in [0, 0.1) is 0 Å². The maximum absolute atomic E-state index is 12.0. The minimum atomic E-state index is 0.0176. The summed E-state index contributed by atoms with van der Waals surface area (Å²) in [6.45, 7) is 3.18. The minimum absolute atomic E-state index is 0.0176. The van der Waals surface area contributed by atoms with E-state index in [9.17, 15) is 4.79 Å². The lowest BCUT2D eigenvalue weighted by Gasteiger charge is -2.09. The second kappa shape index (κ2) is 8.83. The van der Waals surface area contributed by atoms with Gasteiger partial charge in [0.05, 0.1) is 20.1 Å². The van der Waals surface area contributed by atoms with Gasteiger partial charge in [-0.2, -0.15) is 0 Å². The molecule has 0 atom stereocenters. The van der Waals surface area contributed by atoms with E-state index in [2.05, 4.69) is 5.32 Å². The van der Waals surface area contributed by atoms with Crippen molar-refractivity contribution in [1.29, 1.82) is 0 Å². The molecule has 2 rings (SSSR count). The van der Waals surface area contributed by atoms with Crippen molar-refractivity contribution in [2.24, 2.45) is 0 Å². The maximum atomic E-state index is 12.0. The molecule has 0 aliphatic carbocycles. The Morgan fingerprint density at radius 2 is 1.83 bits per heavy atom. The van der Waals surface area contributed by atoms with Gasteiger partial charge in [-0.3, -0.25) is 4.79 Å². The summed E-state index contributed by atoms with van der Waals surface area (Å²) in [4.78, 5) is 12.0. The van der Waals surface area contributed by atoms with E-state index in [0.29, 0.717) is 19.6 Å². The maximum Gasteiger partial charge on any atom is 0.224 e. The van der Waals surface area contributed by atoms with Crippen LogP contribution in [0.1, 0.15) is 18.1 Å². The molecular formula is C19H23NO3. The number of nitrogens with one attached hydrogen (secondary N) is 1. The number of amides is 1. The average Bonchev–Trinajstić information content (AvgIpc) is 2.57. The SMILES string of the molecule is CCOc1ccc(CC(=O)NCCc2ccccc2OC)cc1. The predicted octanol–water partition coefficient (Wildman–Crippen LogP) is 3.00. The Morgan fingerprint density at radius 1 is 1.09 bits per heavy atom. The smallest absolute Gasteiger partial charge is 0.224 e. The number of hydrogen-bond donors (Lipinski definition) is 1. The molecule has 0 heterocycles. The zero-order chi connectivity index (χ0) is 16.5.